The lowest BCUT2D eigenvalue weighted by Gasteiger charge is -2.56. The van der Waals surface area contributed by atoms with E-state index >= 15 is 0 Å². The molecule has 1 aromatic heterocycles. The molecule has 4 bridgehead atoms. The summed E-state index contributed by atoms with van der Waals surface area (Å²) in [6, 6.07) is 2.34. The Labute approximate surface area is 120 Å². The van der Waals surface area contributed by atoms with Crippen LogP contribution in [0.4, 0.5) is 5.69 Å². The van der Waals surface area contributed by atoms with Crippen molar-refractivity contribution in [2.24, 2.45) is 17.8 Å². The van der Waals surface area contributed by atoms with Gasteiger partial charge in [0.15, 0.2) is 0 Å². The number of nitrogens with two attached hydrogens (primary N) is 1. The summed E-state index contributed by atoms with van der Waals surface area (Å²) in [7, 11) is 0. The zero-order chi connectivity index (χ0) is 13.2. The Bertz CT molecular complexity index is 464. The van der Waals surface area contributed by atoms with Crippen LogP contribution in [0.2, 0.25) is 0 Å². The van der Waals surface area contributed by atoms with Gasteiger partial charge in [0.05, 0.1) is 0 Å². The molecule has 0 unspecified atom stereocenters. The van der Waals surface area contributed by atoms with Gasteiger partial charge in [-0.25, -0.2) is 0 Å². The molecule has 1 heterocycles. The number of hydrogen-bond acceptors (Lipinski definition) is 2. The number of rotatable bonds is 2. The number of thiophene rings is 1. The Hall–Kier alpha value is -0.500. The molecule has 0 aliphatic heterocycles. The summed E-state index contributed by atoms with van der Waals surface area (Å²) in [5, 5.41) is 0. The van der Waals surface area contributed by atoms with E-state index in [0.29, 0.717) is 11.3 Å². The molecule has 4 fully saturated rings. The van der Waals surface area contributed by atoms with Gasteiger partial charge in [0.2, 0.25) is 0 Å². The summed E-state index contributed by atoms with van der Waals surface area (Å²) in [6.45, 7) is 4.54. The predicted octanol–water partition coefficient (Wildman–Crippen LogP) is 4.92. The van der Waals surface area contributed by atoms with E-state index in [2.05, 4.69) is 19.9 Å². The summed E-state index contributed by atoms with van der Waals surface area (Å²) < 4.78 is 0. The molecule has 2 N–H and O–H groups in total. The van der Waals surface area contributed by atoms with Gasteiger partial charge in [0.1, 0.15) is 0 Å². The lowest BCUT2D eigenvalue weighted by molar-refractivity contribution is -0.00345. The van der Waals surface area contributed by atoms with Crippen molar-refractivity contribution in [3.63, 3.8) is 0 Å². The molecule has 5 rings (SSSR count). The van der Waals surface area contributed by atoms with Crippen molar-refractivity contribution in [2.45, 2.75) is 63.7 Å². The van der Waals surface area contributed by atoms with Crippen molar-refractivity contribution in [1.29, 1.82) is 0 Å². The van der Waals surface area contributed by atoms with Crippen molar-refractivity contribution >= 4 is 17.0 Å². The average Bonchev–Trinajstić information content (AvgIpc) is 2.70. The van der Waals surface area contributed by atoms with Crippen LogP contribution in [0, 0.1) is 17.8 Å². The molecule has 19 heavy (non-hydrogen) atoms. The van der Waals surface area contributed by atoms with E-state index in [9.17, 15) is 0 Å². The highest BCUT2D eigenvalue weighted by Gasteiger charge is 2.52. The maximum absolute atomic E-state index is 6.27. The quantitative estimate of drug-likeness (QED) is 0.814. The van der Waals surface area contributed by atoms with Crippen LogP contribution in [0.5, 0.6) is 0 Å². The third-order valence-corrected chi connectivity index (χ3v) is 7.57. The number of nitrogen functional groups attached to an aromatic ring is 1. The molecule has 2 heteroatoms. The molecular formula is C17H25NS. The first-order valence-corrected chi connectivity index (χ1v) is 8.77. The first-order chi connectivity index (χ1) is 9.06. The minimum absolute atomic E-state index is 0.528. The molecule has 0 spiro atoms. The second kappa shape index (κ2) is 4.00. The van der Waals surface area contributed by atoms with Gasteiger partial charge in [-0.15, -0.1) is 11.3 Å². The lowest BCUT2D eigenvalue weighted by atomic mass is 9.49. The van der Waals surface area contributed by atoms with E-state index in [1.807, 2.05) is 11.3 Å². The van der Waals surface area contributed by atoms with Crippen molar-refractivity contribution in [1.82, 2.24) is 0 Å². The minimum Gasteiger partial charge on any atom is -0.398 e. The molecule has 0 aromatic carbocycles. The highest BCUT2D eigenvalue weighted by Crippen LogP contribution is 2.62. The van der Waals surface area contributed by atoms with E-state index in [4.69, 9.17) is 5.73 Å². The molecular weight excluding hydrogens is 250 g/mol. The smallest absolute Gasteiger partial charge is 0.0461 e. The summed E-state index contributed by atoms with van der Waals surface area (Å²) in [6.07, 6.45) is 8.94. The van der Waals surface area contributed by atoms with Gasteiger partial charge in [-0.05, 0) is 68.3 Å². The van der Waals surface area contributed by atoms with Crippen LogP contribution < -0.4 is 5.73 Å². The minimum atomic E-state index is 0.528. The van der Waals surface area contributed by atoms with Gasteiger partial charge in [-0.2, -0.15) is 0 Å². The second-order valence-corrected chi connectivity index (χ2v) is 8.87. The Balaban J connectivity index is 1.73. The number of anilines is 1. The van der Waals surface area contributed by atoms with Gasteiger partial charge in [0, 0.05) is 20.9 Å². The van der Waals surface area contributed by atoms with Crippen LogP contribution in [0.15, 0.2) is 6.07 Å². The summed E-state index contributed by atoms with van der Waals surface area (Å²) in [5.74, 6) is 3.65. The molecule has 4 aliphatic carbocycles. The van der Waals surface area contributed by atoms with E-state index in [-0.39, 0.29) is 0 Å². The largest absolute Gasteiger partial charge is 0.398 e. The lowest BCUT2D eigenvalue weighted by Crippen LogP contribution is -2.48. The molecule has 0 amide bonds. The fraction of sp³-hybridized carbons (Fsp3) is 0.765. The third kappa shape index (κ3) is 1.79. The fourth-order valence-electron chi connectivity index (χ4n) is 5.54. The molecule has 4 saturated carbocycles. The Morgan fingerprint density at radius 2 is 1.63 bits per heavy atom. The molecule has 0 radical (unpaired) electrons. The first kappa shape index (κ1) is 12.3. The monoisotopic (exact) mass is 275 g/mol. The van der Waals surface area contributed by atoms with Crippen LogP contribution in [0.3, 0.4) is 0 Å². The van der Waals surface area contributed by atoms with Crippen molar-refractivity contribution < 1.29 is 0 Å². The summed E-state index contributed by atoms with van der Waals surface area (Å²) in [5.41, 5.74) is 7.86. The van der Waals surface area contributed by atoms with E-state index < -0.39 is 0 Å². The Kier molecular flexibility index (Phi) is 2.58. The Morgan fingerprint density at radius 3 is 2.05 bits per heavy atom. The molecule has 1 nitrogen and oxygen atoms in total. The van der Waals surface area contributed by atoms with Crippen LogP contribution in [-0.2, 0) is 5.41 Å². The standard InChI is InChI=1S/C17H25NS/c1-10(2)16-14(18)6-15(19-16)17-7-11-3-12(8-17)5-13(4-11)9-17/h6,10-13H,3-5,7-9,18H2,1-2H3. The molecule has 104 valence electrons. The van der Waals surface area contributed by atoms with E-state index in [1.165, 1.54) is 43.4 Å². The maximum Gasteiger partial charge on any atom is 0.0461 e. The zero-order valence-corrected chi connectivity index (χ0v) is 12.9. The van der Waals surface area contributed by atoms with Gasteiger partial charge >= 0.3 is 0 Å². The van der Waals surface area contributed by atoms with Gasteiger partial charge in [0.25, 0.3) is 0 Å². The van der Waals surface area contributed by atoms with Gasteiger partial charge in [-0.1, -0.05) is 13.8 Å². The molecule has 0 saturated heterocycles. The van der Waals surface area contributed by atoms with Gasteiger partial charge < -0.3 is 5.73 Å². The van der Waals surface area contributed by atoms with Crippen molar-refractivity contribution in [3.8, 4) is 0 Å². The van der Waals surface area contributed by atoms with Crippen LogP contribution in [0.1, 0.15) is 68.0 Å². The summed E-state index contributed by atoms with van der Waals surface area (Å²) in [4.78, 5) is 3.05. The highest BCUT2D eigenvalue weighted by molar-refractivity contribution is 7.12. The van der Waals surface area contributed by atoms with Gasteiger partial charge in [-0.3, -0.25) is 0 Å². The number of hydrogen-bond donors (Lipinski definition) is 1. The topological polar surface area (TPSA) is 26.0 Å². The predicted molar refractivity (Wildman–Crippen MR) is 82.7 cm³/mol. The highest BCUT2D eigenvalue weighted by atomic mass is 32.1. The third-order valence-electron chi connectivity index (χ3n) is 5.88. The average molecular weight is 275 g/mol. The molecule has 4 aliphatic rings. The SMILES string of the molecule is CC(C)c1sc(C23CC4CC(CC(C4)C2)C3)cc1N. The zero-order valence-electron chi connectivity index (χ0n) is 12.1. The normalized spacial score (nSPS) is 40.3. The van der Waals surface area contributed by atoms with Crippen LogP contribution in [-0.4, -0.2) is 0 Å². The fourth-order valence-corrected chi connectivity index (χ4v) is 6.85. The van der Waals surface area contributed by atoms with Crippen molar-refractivity contribution in [2.75, 3.05) is 5.73 Å². The van der Waals surface area contributed by atoms with E-state index in [0.717, 1.165) is 23.4 Å². The maximum atomic E-state index is 6.27. The Morgan fingerprint density at radius 1 is 1.11 bits per heavy atom. The summed E-state index contributed by atoms with van der Waals surface area (Å²) >= 11 is 2.03. The van der Waals surface area contributed by atoms with E-state index in [1.54, 1.807) is 4.88 Å². The second-order valence-electron chi connectivity index (χ2n) is 7.78. The van der Waals surface area contributed by atoms with Crippen LogP contribution >= 0.6 is 11.3 Å². The first-order valence-electron chi connectivity index (χ1n) is 7.95. The van der Waals surface area contributed by atoms with Crippen LogP contribution in [0.25, 0.3) is 0 Å². The van der Waals surface area contributed by atoms with Crippen molar-refractivity contribution in [3.05, 3.63) is 15.8 Å². The molecule has 1 aromatic rings. The molecule has 0 atom stereocenters.